The van der Waals surface area contributed by atoms with Crippen molar-refractivity contribution >= 4 is 43.0 Å². The van der Waals surface area contributed by atoms with E-state index >= 15 is 0 Å². The fourth-order valence-corrected chi connectivity index (χ4v) is 8.71. The first-order chi connectivity index (χ1) is 27.7. The summed E-state index contributed by atoms with van der Waals surface area (Å²) in [5.74, 6) is -0.627. The number of ether oxygens (including phenoxy) is 5. The third kappa shape index (κ3) is 11.1. The molecular weight excluding hydrogens is 767 g/mol. The minimum atomic E-state index is -0.842. The fraction of sp³-hybridized carbons (Fsp3) is 0.191. The second-order valence-electron chi connectivity index (χ2n) is 13.1. The molecule has 284 valence electrons. The number of benzene rings is 6. The molecule has 0 N–H and O–H groups in total. The number of hydrazone groups is 1. The molecule has 0 amide bonds. The average molecular weight is 812 g/mol. The molecule has 1 aliphatic heterocycles. The minimum absolute atomic E-state index is 0.242. The zero-order chi connectivity index (χ0) is 38.2. The summed E-state index contributed by atoms with van der Waals surface area (Å²) in [5.41, 5.74) is 4.63. The van der Waals surface area contributed by atoms with Crippen LogP contribution in [0.4, 0.5) is 11.4 Å². The maximum absolute atomic E-state index is 14.0. The number of hydrogen-bond donors (Lipinski definition) is 0. The number of carbonyl (C=O) groups is 1. The molecule has 0 unspecified atom stereocenters. The zero-order valence-electron chi connectivity index (χ0n) is 30.9. The molecule has 5 atom stereocenters. The van der Waals surface area contributed by atoms with Gasteiger partial charge in [-0.25, -0.2) is 0 Å². The van der Waals surface area contributed by atoms with E-state index in [1.54, 1.807) is 5.01 Å². The molecule has 0 radical (unpaired) electrons. The first-order valence-electron chi connectivity index (χ1n) is 18.6. The van der Waals surface area contributed by atoms with E-state index in [1.807, 2.05) is 170 Å². The molecule has 9 heteroatoms. The Kier molecular flexibility index (Phi) is 14.2. The summed E-state index contributed by atoms with van der Waals surface area (Å²) in [6, 6.07) is 59.5. The van der Waals surface area contributed by atoms with E-state index in [-0.39, 0.29) is 28.2 Å². The van der Waals surface area contributed by atoms with Gasteiger partial charge in [-0.2, -0.15) is 0 Å². The number of esters is 1. The van der Waals surface area contributed by atoms with Crippen molar-refractivity contribution in [2.45, 2.75) is 49.2 Å². The SMILES string of the molecule is O=C(/C=N/N(c1ccccc1)c1ccccc1)O[C@@H]1[C@@H](OCc2ccccc2)[C@H](OCc2ccccc2)[C@@H](COCc2ccccc2)O[C@H]1[Se]c1ccccc1. The molecule has 6 aromatic rings. The van der Waals surface area contributed by atoms with E-state index in [4.69, 9.17) is 23.7 Å². The molecule has 0 saturated carbocycles. The predicted octanol–water partition coefficient (Wildman–Crippen LogP) is 7.86. The summed E-state index contributed by atoms with van der Waals surface area (Å²) in [6.07, 6.45) is -1.53. The van der Waals surface area contributed by atoms with Gasteiger partial charge in [-0.05, 0) is 0 Å². The van der Waals surface area contributed by atoms with Gasteiger partial charge in [0.2, 0.25) is 0 Å². The van der Waals surface area contributed by atoms with Crippen LogP contribution in [0.5, 0.6) is 0 Å². The van der Waals surface area contributed by atoms with Crippen molar-refractivity contribution in [2.24, 2.45) is 5.10 Å². The van der Waals surface area contributed by atoms with Crippen LogP contribution in [0.3, 0.4) is 0 Å². The van der Waals surface area contributed by atoms with E-state index in [2.05, 4.69) is 17.2 Å². The summed E-state index contributed by atoms with van der Waals surface area (Å²) in [5, 5.41) is 5.81. The van der Waals surface area contributed by atoms with Crippen LogP contribution in [-0.4, -0.2) is 63.2 Å². The van der Waals surface area contributed by atoms with Crippen molar-refractivity contribution in [3.63, 3.8) is 0 Å². The van der Waals surface area contributed by atoms with Crippen molar-refractivity contribution in [1.82, 2.24) is 0 Å². The van der Waals surface area contributed by atoms with Crippen LogP contribution in [0.25, 0.3) is 0 Å². The van der Waals surface area contributed by atoms with Gasteiger partial charge in [0, 0.05) is 0 Å². The van der Waals surface area contributed by atoms with Crippen LogP contribution in [0.15, 0.2) is 187 Å². The van der Waals surface area contributed by atoms with Gasteiger partial charge in [-0.3, -0.25) is 0 Å². The van der Waals surface area contributed by atoms with Crippen LogP contribution < -0.4 is 9.47 Å². The van der Waals surface area contributed by atoms with Gasteiger partial charge in [-0.15, -0.1) is 0 Å². The number of hydrogen-bond acceptors (Lipinski definition) is 8. The van der Waals surface area contributed by atoms with Gasteiger partial charge >= 0.3 is 336 Å². The predicted molar refractivity (Wildman–Crippen MR) is 220 cm³/mol. The molecule has 0 aliphatic carbocycles. The summed E-state index contributed by atoms with van der Waals surface area (Å²) in [7, 11) is 0. The molecule has 7 rings (SSSR count). The quantitative estimate of drug-likeness (QED) is 0.0402. The normalized spacial score (nSPS) is 19.4. The number of carbonyl (C=O) groups excluding carboxylic acids is 1. The fourth-order valence-electron chi connectivity index (χ4n) is 6.35. The van der Waals surface area contributed by atoms with Gasteiger partial charge in [0.15, 0.2) is 0 Å². The summed E-state index contributed by atoms with van der Waals surface area (Å²) in [6.45, 7) is 1.22. The van der Waals surface area contributed by atoms with Crippen molar-refractivity contribution in [3.05, 3.63) is 199 Å². The Morgan fingerprint density at radius 2 is 1.02 bits per heavy atom. The third-order valence-corrected chi connectivity index (χ3v) is 11.5. The van der Waals surface area contributed by atoms with Crippen LogP contribution in [0.2, 0.25) is 0 Å². The van der Waals surface area contributed by atoms with Crippen molar-refractivity contribution < 1.29 is 28.5 Å². The van der Waals surface area contributed by atoms with Gasteiger partial charge in [0.05, 0.1) is 0 Å². The summed E-state index contributed by atoms with van der Waals surface area (Å²) in [4.78, 5) is 14.0. The van der Waals surface area contributed by atoms with E-state index in [9.17, 15) is 4.79 Å². The van der Waals surface area contributed by atoms with Crippen LogP contribution in [-0.2, 0) is 48.3 Å². The molecule has 56 heavy (non-hydrogen) atoms. The monoisotopic (exact) mass is 812 g/mol. The molecule has 8 nitrogen and oxygen atoms in total. The van der Waals surface area contributed by atoms with Gasteiger partial charge in [-0.1, -0.05) is 0 Å². The number of para-hydroxylation sites is 2. The molecule has 1 saturated heterocycles. The maximum atomic E-state index is 14.0. The van der Waals surface area contributed by atoms with E-state index in [0.717, 1.165) is 32.5 Å². The first-order valence-corrected chi connectivity index (χ1v) is 20.5. The number of rotatable bonds is 17. The van der Waals surface area contributed by atoms with Crippen LogP contribution in [0.1, 0.15) is 16.7 Å². The van der Waals surface area contributed by atoms with E-state index in [1.165, 1.54) is 6.21 Å². The standard InChI is InChI=1S/C47H44N2O6Se/c50-43(31-48-49(39-25-13-4-14-26-39)40-27-15-5-16-28-40)55-46-45(53-34-38-23-11-3-12-24-38)44(52-33-37-21-9-2-10-22-37)42(35-51-32-36-19-7-1-8-20-36)54-47(46)56-41-29-17-6-18-30-41/h1-31,42,44-47H,32-35H2/b48-31+/t42-,44-,45+,46-,47+/m1/s1. The third-order valence-electron chi connectivity index (χ3n) is 9.08. The van der Waals surface area contributed by atoms with E-state index in [0.29, 0.717) is 13.2 Å². The summed E-state index contributed by atoms with van der Waals surface area (Å²) < 4.78 is 34.4. The number of anilines is 2. The van der Waals surface area contributed by atoms with Gasteiger partial charge in [0.25, 0.3) is 0 Å². The van der Waals surface area contributed by atoms with Gasteiger partial charge in [0.1, 0.15) is 0 Å². The topological polar surface area (TPSA) is 78.8 Å². The molecule has 6 aromatic carbocycles. The Balaban J connectivity index is 1.21. The molecular formula is C47H44N2O6Se. The van der Waals surface area contributed by atoms with Crippen molar-refractivity contribution in [1.29, 1.82) is 0 Å². The molecule has 0 bridgehead atoms. The zero-order valence-corrected chi connectivity index (χ0v) is 32.6. The van der Waals surface area contributed by atoms with E-state index < -0.39 is 35.4 Å². The summed E-state index contributed by atoms with van der Waals surface area (Å²) >= 11 is -0.292. The number of nitrogens with zero attached hydrogens (tertiary/aromatic N) is 2. The van der Waals surface area contributed by atoms with Crippen LogP contribution in [0, 0.1) is 0 Å². The molecule has 1 heterocycles. The second kappa shape index (κ2) is 20.5. The molecule has 0 aromatic heterocycles. The Hall–Kier alpha value is -5.38. The molecule has 1 fully saturated rings. The average Bonchev–Trinajstić information content (AvgIpc) is 3.26. The Morgan fingerprint density at radius 1 is 0.571 bits per heavy atom. The van der Waals surface area contributed by atoms with Crippen molar-refractivity contribution in [2.75, 3.05) is 11.6 Å². The Morgan fingerprint density at radius 3 is 1.54 bits per heavy atom. The first kappa shape index (κ1) is 38.9. The van der Waals surface area contributed by atoms with Crippen LogP contribution >= 0.6 is 0 Å². The van der Waals surface area contributed by atoms with Crippen molar-refractivity contribution in [3.8, 4) is 0 Å². The Labute approximate surface area is 334 Å². The molecule has 0 spiro atoms. The Bertz CT molecular complexity index is 2020. The second-order valence-corrected chi connectivity index (χ2v) is 15.6. The molecule has 1 aliphatic rings. The van der Waals surface area contributed by atoms with Gasteiger partial charge < -0.3 is 0 Å².